The summed E-state index contributed by atoms with van der Waals surface area (Å²) in [5.74, 6) is 0.252. The van der Waals surface area contributed by atoms with Crippen LogP contribution in [0.15, 0.2) is 48.8 Å². The Morgan fingerprint density at radius 3 is 2.26 bits per heavy atom. The largest absolute Gasteiger partial charge is 0.417 e. The smallest absolute Gasteiger partial charge is 0.354 e. The van der Waals surface area contributed by atoms with E-state index < -0.39 is 11.7 Å². The van der Waals surface area contributed by atoms with Crippen molar-refractivity contribution in [2.45, 2.75) is 38.7 Å². The van der Waals surface area contributed by atoms with Crippen molar-refractivity contribution in [1.82, 2.24) is 20.1 Å². The molecule has 2 aromatic heterocycles. The number of H-pyrrole nitrogens is 1. The normalized spacial score (nSPS) is 20.3. The molecular formula is C22H23F4N5. The van der Waals surface area contributed by atoms with Gasteiger partial charge in [0.25, 0.3) is 0 Å². The number of piperazine rings is 1. The average molecular weight is 433 g/mol. The lowest BCUT2D eigenvalue weighted by Crippen LogP contribution is -2.56. The van der Waals surface area contributed by atoms with E-state index in [2.05, 4.69) is 33.9 Å². The minimum Gasteiger partial charge on any atom is -0.354 e. The highest BCUT2D eigenvalue weighted by Gasteiger charge is 2.33. The van der Waals surface area contributed by atoms with Crippen LogP contribution in [0.1, 0.15) is 25.0 Å². The van der Waals surface area contributed by atoms with Crippen molar-refractivity contribution in [2.75, 3.05) is 18.0 Å². The molecule has 3 aromatic rings. The van der Waals surface area contributed by atoms with Gasteiger partial charge in [0.2, 0.25) is 0 Å². The van der Waals surface area contributed by atoms with Gasteiger partial charge in [-0.2, -0.15) is 18.3 Å². The molecule has 3 heterocycles. The monoisotopic (exact) mass is 433 g/mol. The van der Waals surface area contributed by atoms with Gasteiger partial charge in [-0.3, -0.25) is 10.00 Å². The molecule has 2 unspecified atom stereocenters. The Morgan fingerprint density at radius 2 is 1.68 bits per heavy atom. The van der Waals surface area contributed by atoms with Gasteiger partial charge >= 0.3 is 6.18 Å². The molecule has 1 fully saturated rings. The highest BCUT2D eigenvalue weighted by Crippen LogP contribution is 2.31. The van der Waals surface area contributed by atoms with Gasteiger partial charge in [0, 0.05) is 49.0 Å². The Kier molecular flexibility index (Phi) is 5.70. The van der Waals surface area contributed by atoms with E-state index in [9.17, 15) is 17.6 Å². The van der Waals surface area contributed by atoms with E-state index in [1.54, 1.807) is 18.3 Å². The van der Waals surface area contributed by atoms with E-state index in [0.29, 0.717) is 25.5 Å². The molecule has 1 aromatic carbocycles. The summed E-state index contributed by atoms with van der Waals surface area (Å²) in [5, 5.41) is 7.17. The number of nitrogens with one attached hydrogen (secondary N) is 1. The lowest BCUT2D eigenvalue weighted by atomic mass is 10.0. The number of rotatable bonds is 4. The second-order valence-electron chi connectivity index (χ2n) is 7.96. The quantitative estimate of drug-likeness (QED) is 0.605. The third kappa shape index (κ3) is 4.56. The average Bonchev–Trinajstić information content (AvgIpc) is 3.19. The summed E-state index contributed by atoms with van der Waals surface area (Å²) in [6.07, 6.45) is -1.73. The lowest BCUT2D eigenvalue weighted by Gasteiger charge is -2.45. The highest BCUT2D eigenvalue weighted by atomic mass is 19.4. The van der Waals surface area contributed by atoms with E-state index in [0.717, 1.165) is 29.1 Å². The molecule has 1 aliphatic heterocycles. The maximum atomic E-state index is 13.3. The number of alkyl halides is 3. The van der Waals surface area contributed by atoms with E-state index in [-0.39, 0.29) is 17.9 Å². The molecule has 1 N–H and O–H groups in total. The fourth-order valence-corrected chi connectivity index (χ4v) is 4.09. The van der Waals surface area contributed by atoms with Crippen molar-refractivity contribution < 1.29 is 17.6 Å². The minimum atomic E-state index is -4.39. The van der Waals surface area contributed by atoms with Gasteiger partial charge in [-0.15, -0.1) is 0 Å². The van der Waals surface area contributed by atoms with Crippen molar-refractivity contribution in [3.63, 3.8) is 0 Å². The minimum absolute atomic E-state index is 0.142. The molecule has 2 atom stereocenters. The molecule has 164 valence electrons. The molecule has 0 bridgehead atoms. The SMILES string of the molecule is CC1CN(c2ccc(C(F)(F)F)cn2)CC(C)N1Cc1cn[nH]c1-c1ccc(F)cc1. The molecule has 0 aliphatic carbocycles. The first-order chi connectivity index (χ1) is 14.7. The maximum absolute atomic E-state index is 13.3. The van der Waals surface area contributed by atoms with Crippen LogP contribution in [0.5, 0.6) is 0 Å². The molecular weight excluding hydrogens is 410 g/mol. The number of anilines is 1. The van der Waals surface area contributed by atoms with Gasteiger partial charge in [0.05, 0.1) is 17.5 Å². The lowest BCUT2D eigenvalue weighted by molar-refractivity contribution is -0.137. The number of benzene rings is 1. The number of halogens is 4. The first-order valence-corrected chi connectivity index (χ1v) is 10.0. The van der Waals surface area contributed by atoms with Crippen LogP contribution in [0.3, 0.4) is 0 Å². The Balaban J connectivity index is 1.47. The second-order valence-corrected chi connectivity index (χ2v) is 7.96. The van der Waals surface area contributed by atoms with E-state index in [1.807, 2.05) is 4.90 Å². The van der Waals surface area contributed by atoms with Crippen LogP contribution in [0, 0.1) is 5.82 Å². The van der Waals surface area contributed by atoms with Crippen LogP contribution in [0.2, 0.25) is 0 Å². The van der Waals surface area contributed by atoms with Crippen molar-refractivity contribution in [3.05, 3.63) is 65.7 Å². The zero-order valence-electron chi connectivity index (χ0n) is 17.2. The van der Waals surface area contributed by atoms with E-state index in [4.69, 9.17) is 0 Å². The number of pyridine rings is 1. The Morgan fingerprint density at radius 1 is 1.00 bits per heavy atom. The van der Waals surface area contributed by atoms with E-state index in [1.165, 1.54) is 18.2 Å². The summed E-state index contributed by atoms with van der Waals surface area (Å²) < 4.78 is 51.7. The summed E-state index contributed by atoms with van der Waals surface area (Å²) in [6.45, 7) is 6.12. The summed E-state index contributed by atoms with van der Waals surface area (Å²) in [5.41, 5.74) is 1.98. The Hall–Kier alpha value is -2.94. The predicted octanol–water partition coefficient (Wildman–Crippen LogP) is 4.73. The molecule has 31 heavy (non-hydrogen) atoms. The molecule has 0 amide bonds. The van der Waals surface area contributed by atoms with Crippen molar-refractivity contribution in [3.8, 4) is 11.3 Å². The summed E-state index contributed by atoms with van der Waals surface area (Å²) in [7, 11) is 0. The third-order valence-electron chi connectivity index (χ3n) is 5.70. The number of hydrogen-bond acceptors (Lipinski definition) is 4. The predicted molar refractivity (Wildman–Crippen MR) is 110 cm³/mol. The first-order valence-electron chi connectivity index (χ1n) is 10.0. The summed E-state index contributed by atoms with van der Waals surface area (Å²) in [6, 6.07) is 9.06. The highest BCUT2D eigenvalue weighted by molar-refractivity contribution is 5.62. The molecule has 0 saturated carbocycles. The van der Waals surface area contributed by atoms with Crippen LogP contribution < -0.4 is 4.90 Å². The molecule has 0 radical (unpaired) electrons. The van der Waals surface area contributed by atoms with Gasteiger partial charge in [0.1, 0.15) is 11.6 Å². The fraction of sp³-hybridized carbons (Fsp3) is 0.364. The van der Waals surface area contributed by atoms with Gasteiger partial charge in [-0.05, 0) is 50.2 Å². The number of aromatic amines is 1. The van der Waals surface area contributed by atoms with E-state index >= 15 is 0 Å². The molecule has 0 spiro atoms. The fourth-order valence-electron chi connectivity index (χ4n) is 4.09. The molecule has 4 rings (SSSR count). The molecule has 1 aliphatic rings. The zero-order chi connectivity index (χ0) is 22.2. The van der Waals surface area contributed by atoms with Crippen LogP contribution in [0.25, 0.3) is 11.3 Å². The van der Waals surface area contributed by atoms with Crippen molar-refractivity contribution in [2.24, 2.45) is 0 Å². The number of nitrogens with zero attached hydrogens (tertiary/aromatic N) is 4. The van der Waals surface area contributed by atoms with Crippen LogP contribution in [-0.2, 0) is 12.7 Å². The number of hydrogen-bond donors (Lipinski definition) is 1. The molecule has 1 saturated heterocycles. The van der Waals surface area contributed by atoms with Gasteiger partial charge in [-0.1, -0.05) is 0 Å². The van der Waals surface area contributed by atoms with Gasteiger partial charge < -0.3 is 4.90 Å². The van der Waals surface area contributed by atoms with Gasteiger partial charge in [0.15, 0.2) is 0 Å². The van der Waals surface area contributed by atoms with Crippen molar-refractivity contribution >= 4 is 5.82 Å². The first kappa shape index (κ1) is 21.3. The summed E-state index contributed by atoms with van der Waals surface area (Å²) >= 11 is 0. The topological polar surface area (TPSA) is 48.1 Å². The summed E-state index contributed by atoms with van der Waals surface area (Å²) in [4.78, 5) is 8.39. The molecule has 9 heteroatoms. The second kappa shape index (κ2) is 8.30. The Labute approximate surface area is 177 Å². The van der Waals surface area contributed by atoms with Gasteiger partial charge in [-0.25, -0.2) is 9.37 Å². The standard InChI is InChI=1S/C22H23F4N5/c1-14-11-30(20-8-5-18(10-27-20)22(24,25)26)12-15(2)31(14)13-17-9-28-29-21(17)16-3-6-19(23)7-4-16/h3-10,14-15H,11-13H2,1-2H3,(H,28,29). The third-order valence-corrected chi connectivity index (χ3v) is 5.70. The molecule has 5 nitrogen and oxygen atoms in total. The van der Waals surface area contributed by atoms with Crippen molar-refractivity contribution in [1.29, 1.82) is 0 Å². The Bertz CT molecular complexity index is 1000. The van der Waals surface area contributed by atoms with Crippen LogP contribution in [-0.4, -0.2) is 45.3 Å². The zero-order valence-corrected chi connectivity index (χ0v) is 17.2. The maximum Gasteiger partial charge on any atom is 0.417 e. The van der Waals surface area contributed by atoms with Crippen LogP contribution >= 0.6 is 0 Å². The number of aromatic nitrogens is 3. The van der Waals surface area contributed by atoms with Crippen LogP contribution in [0.4, 0.5) is 23.4 Å².